The van der Waals surface area contributed by atoms with Crippen LogP contribution in [0.15, 0.2) is 29.3 Å². The van der Waals surface area contributed by atoms with E-state index in [2.05, 4.69) is 4.98 Å². The van der Waals surface area contributed by atoms with Crippen LogP contribution in [0.25, 0.3) is 10.9 Å². The minimum absolute atomic E-state index is 0.172. The van der Waals surface area contributed by atoms with E-state index < -0.39 is 52.3 Å². The molecule has 1 aromatic heterocycles. The molecule has 22 heavy (non-hydrogen) atoms. The third-order valence-corrected chi connectivity index (χ3v) is 5.67. The first kappa shape index (κ1) is 15.3. The SMILES string of the molecule is O=S(=O)(c1c[nH]c2cccc(F)c12)N1CC(F)(F)CC1CO. The van der Waals surface area contributed by atoms with E-state index in [0.717, 1.165) is 12.3 Å². The maximum absolute atomic E-state index is 13.9. The van der Waals surface area contributed by atoms with Crippen LogP contribution in [0.2, 0.25) is 0 Å². The lowest BCUT2D eigenvalue weighted by atomic mass is 10.2. The van der Waals surface area contributed by atoms with Crippen LogP contribution in [0.5, 0.6) is 0 Å². The van der Waals surface area contributed by atoms with Crippen LogP contribution in [0.1, 0.15) is 6.42 Å². The van der Waals surface area contributed by atoms with Crippen molar-refractivity contribution in [3.8, 4) is 0 Å². The van der Waals surface area contributed by atoms with E-state index >= 15 is 0 Å². The van der Waals surface area contributed by atoms with Crippen molar-refractivity contribution in [2.75, 3.05) is 13.2 Å². The van der Waals surface area contributed by atoms with E-state index in [-0.39, 0.29) is 10.9 Å². The van der Waals surface area contributed by atoms with Gasteiger partial charge in [0.1, 0.15) is 10.7 Å². The van der Waals surface area contributed by atoms with E-state index in [9.17, 15) is 26.7 Å². The molecule has 2 aromatic rings. The van der Waals surface area contributed by atoms with E-state index in [0.29, 0.717) is 4.31 Å². The predicted octanol–water partition coefficient (Wildman–Crippen LogP) is 1.70. The number of aromatic nitrogens is 1. The van der Waals surface area contributed by atoms with Gasteiger partial charge in [0.05, 0.1) is 24.6 Å². The van der Waals surface area contributed by atoms with Crippen molar-refractivity contribution in [1.29, 1.82) is 0 Å². The van der Waals surface area contributed by atoms with Crippen LogP contribution in [0.3, 0.4) is 0 Å². The minimum atomic E-state index is -4.35. The van der Waals surface area contributed by atoms with Crippen LogP contribution in [0, 0.1) is 5.82 Å². The molecule has 120 valence electrons. The molecule has 1 aliphatic rings. The second-order valence-corrected chi connectivity index (χ2v) is 7.12. The lowest BCUT2D eigenvalue weighted by Crippen LogP contribution is -2.38. The third-order valence-electron chi connectivity index (χ3n) is 3.74. The van der Waals surface area contributed by atoms with Crippen LogP contribution >= 0.6 is 0 Å². The summed E-state index contributed by atoms with van der Waals surface area (Å²) in [7, 11) is -4.35. The number of fused-ring (bicyclic) bond motifs is 1. The Hall–Kier alpha value is -1.58. The number of alkyl halides is 2. The summed E-state index contributed by atoms with van der Waals surface area (Å²) in [6, 6.07) is 2.76. The summed E-state index contributed by atoms with van der Waals surface area (Å²) < 4.78 is 66.7. The van der Waals surface area contributed by atoms with Crippen molar-refractivity contribution in [3.63, 3.8) is 0 Å². The van der Waals surface area contributed by atoms with E-state index in [1.807, 2.05) is 0 Å². The molecule has 1 fully saturated rings. The largest absolute Gasteiger partial charge is 0.395 e. The fourth-order valence-electron chi connectivity index (χ4n) is 2.75. The fraction of sp³-hybridized carbons (Fsp3) is 0.385. The summed E-state index contributed by atoms with van der Waals surface area (Å²) in [5.74, 6) is -3.98. The summed E-state index contributed by atoms with van der Waals surface area (Å²) in [6.45, 7) is -1.75. The molecule has 1 unspecified atom stereocenters. The zero-order chi connectivity index (χ0) is 16.1. The molecule has 1 aromatic carbocycles. The van der Waals surface area contributed by atoms with Crippen molar-refractivity contribution >= 4 is 20.9 Å². The molecular weight excluding hydrogens is 321 g/mol. The van der Waals surface area contributed by atoms with Gasteiger partial charge in [-0.1, -0.05) is 6.07 Å². The summed E-state index contributed by atoms with van der Waals surface area (Å²) in [5, 5.41) is 9.00. The van der Waals surface area contributed by atoms with Crippen LogP contribution in [-0.4, -0.2) is 47.9 Å². The summed E-state index contributed by atoms with van der Waals surface area (Å²) in [5.41, 5.74) is 0.255. The molecule has 1 aliphatic heterocycles. The number of halogens is 3. The number of hydrogen-bond donors (Lipinski definition) is 2. The average molecular weight is 334 g/mol. The number of aliphatic hydroxyl groups is 1. The lowest BCUT2D eigenvalue weighted by Gasteiger charge is -2.21. The number of H-pyrrole nitrogens is 1. The van der Waals surface area contributed by atoms with Crippen molar-refractivity contribution in [2.45, 2.75) is 23.3 Å². The highest BCUT2D eigenvalue weighted by Gasteiger charge is 2.50. The molecule has 9 heteroatoms. The Balaban J connectivity index is 2.13. The highest BCUT2D eigenvalue weighted by atomic mass is 32.2. The topological polar surface area (TPSA) is 73.4 Å². The molecular formula is C13H13F3N2O3S. The predicted molar refractivity (Wildman–Crippen MR) is 72.6 cm³/mol. The first-order valence-corrected chi connectivity index (χ1v) is 7.96. The molecule has 0 amide bonds. The Bertz CT molecular complexity index is 819. The van der Waals surface area contributed by atoms with Crippen molar-refractivity contribution in [1.82, 2.24) is 9.29 Å². The molecule has 1 atom stereocenters. The third kappa shape index (κ3) is 2.29. The van der Waals surface area contributed by atoms with E-state index in [4.69, 9.17) is 0 Å². The van der Waals surface area contributed by atoms with Gasteiger partial charge in [0.25, 0.3) is 5.92 Å². The van der Waals surface area contributed by atoms with Crippen LogP contribution in [0.4, 0.5) is 13.2 Å². The van der Waals surface area contributed by atoms with Crippen molar-refractivity contribution in [2.24, 2.45) is 0 Å². The number of rotatable bonds is 3. The Morgan fingerprint density at radius 1 is 1.41 bits per heavy atom. The first-order chi connectivity index (χ1) is 10.3. The zero-order valence-electron chi connectivity index (χ0n) is 11.3. The molecule has 0 bridgehead atoms. The summed E-state index contributed by atoms with van der Waals surface area (Å²) >= 11 is 0. The first-order valence-electron chi connectivity index (χ1n) is 6.52. The van der Waals surface area contributed by atoms with Gasteiger partial charge < -0.3 is 10.1 Å². The molecule has 2 N–H and O–H groups in total. The van der Waals surface area contributed by atoms with Gasteiger partial charge in [0, 0.05) is 18.1 Å². The van der Waals surface area contributed by atoms with Gasteiger partial charge in [0.15, 0.2) is 0 Å². The second kappa shape index (κ2) is 4.97. The van der Waals surface area contributed by atoms with Gasteiger partial charge in [-0.3, -0.25) is 0 Å². The molecule has 0 saturated carbocycles. The number of sulfonamides is 1. The van der Waals surface area contributed by atoms with E-state index in [1.54, 1.807) is 0 Å². The Morgan fingerprint density at radius 3 is 2.82 bits per heavy atom. The smallest absolute Gasteiger partial charge is 0.263 e. The van der Waals surface area contributed by atoms with Gasteiger partial charge in [-0.05, 0) is 12.1 Å². The zero-order valence-corrected chi connectivity index (χ0v) is 12.1. The number of benzene rings is 1. The van der Waals surface area contributed by atoms with E-state index in [1.165, 1.54) is 12.1 Å². The quantitative estimate of drug-likeness (QED) is 0.897. The number of nitrogens with zero attached hydrogens (tertiary/aromatic N) is 1. The van der Waals surface area contributed by atoms with Crippen molar-refractivity contribution in [3.05, 3.63) is 30.2 Å². The number of nitrogens with one attached hydrogen (secondary N) is 1. The summed E-state index contributed by atoms with van der Waals surface area (Å²) in [6.07, 6.45) is 0.321. The fourth-order valence-corrected chi connectivity index (χ4v) is 4.56. The minimum Gasteiger partial charge on any atom is -0.395 e. The second-order valence-electron chi connectivity index (χ2n) is 5.26. The van der Waals surface area contributed by atoms with Gasteiger partial charge in [-0.2, -0.15) is 4.31 Å². The van der Waals surface area contributed by atoms with Gasteiger partial charge in [0.2, 0.25) is 10.0 Å². The Morgan fingerprint density at radius 2 is 2.14 bits per heavy atom. The number of hydrogen-bond acceptors (Lipinski definition) is 3. The molecule has 0 spiro atoms. The lowest BCUT2D eigenvalue weighted by molar-refractivity contribution is 0.0161. The Labute approximate surface area is 124 Å². The molecule has 0 aliphatic carbocycles. The van der Waals surface area contributed by atoms with Gasteiger partial charge >= 0.3 is 0 Å². The molecule has 0 radical (unpaired) electrons. The number of aliphatic hydroxyl groups excluding tert-OH is 1. The average Bonchev–Trinajstić information content (AvgIpc) is 3.01. The van der Waals surface area contributed by atoms with Gasteiger partial charge in [-0.25, -0.2) is 21.6 Å². The van der Waals surface area contributed by atoms with Crippen LogP contribution in [-0.2, 0) is 10.0 Å². The maximum Gasteiger partial charge on any atom is 0.263 e. The molecule has 1 saturated heterocycles. The number of aromatic amines is 1. The van der Waals surface area contributed by atoms with Gasteiger partial charge in [-0.15, -0.1) is 0 Å². The molecule has 5 nitrogen and oxygen atoms in total. The standard InChI is InChI=1S/C13H13F3N2O3S/c14-9-2-1-3-10-12(9)11(5-17-10)22(20,21)18-7-13(15,16)4-8(18)6-19/h1-3,5,8,17,19H,4,6-7H2. The Kier molecular flexibility index (Phi) is 3.46. The summed E-state index contributed by atoms with van der Waals surface area (Å²) in [4.78, 5) is 2.21. The van der Waals surface area contributed by atoms with Crippen LogP contribution < -0.4 is 0 Å². The van der Waals surface area contributed by atoms with Crippen molar-refractivity contribution < 1.29 is 26.7 Å². The molecule has 2 heterocycles. The maximum atomic E-state index is 13.9. The highest BCUT2D eigenvalue weighted by molar-refractivity contribution is 7.89. The monoisotopic (exact) mass is 334 g/mol. The highest BCUT2D eigenvalue weighted by Crippen LogP contribution is 2.37. The molecule has 3 rings (SSSR count). The normalized spacial score (nSPS) is 22.5.